The molecule has 0 saturated heterocycles. The van der Waals surface area contributed by atoms with E-state index < -0.39 is 9.84 Å². The minimum absolute atomic E-state index is 0.164. The molecule has 5 heteroatoms. The molecule has 0 spiro atoms. The molecule has 0 unspecified atom stereocenters. The maximum atomic E-state index is 11.4. The van der Waals surface area contributed by atoms with Gasteiger partial charge in [0, 0.05) is 5.75 Å². The summed E-state index contributed by atoms with van der Waals surface area (Å²) in [7, 11) is -2.92. The molecule has 0 aliphatic rings. The average Bonchev–Trinajstić information content (AvgIpc) is 2.35. The Bertz CT molecular complexity index is 500. The van der Waals surface area contributed by atoms with Crippen molar-refractivity contribution in [3.63, 3.8) is 0 Å². The van der Waals surface area contributed by atoms with Gasteiger partial charge in [-0.15, -0.1) is 0 Å². The van der Waals surface area contributed by atoms with E-state index in [4.69, 9.17) is 10.00 Å². The fraction of sp³-hybridized carbons (Fsp3) is 0.462. The topological polar surface area (TPSA) is 67.2 Å². The van der Waals surface area contributed by atoms with Gasteiger partial charge in [-0.05, 0) is 37.1 Å². The summed E-state index contributed by atoms with van der Waals surface area (Å²) in [5, 5.41) is 8.63. The molecule has 1 aromatic rings. The van der Waals surface area contributed by atoms with Crippen molar-refractivity contribution in [3.8, 4) is 11.8 Å². The van der Waals surface area contributed by atoms with Crippen LogP contribution in [-0.4, -0.2) is 26.5 Å². The van der Waals surface area contributed by atoms with Crippen LogP contribution < -0.4 is 4.74 Å². The molecule has 0 radical (unpaired) electrons. The second-order valence-electron chi connectivity index (χ2n) is 3.99. The summed E-state index contributed by atoms with van der Waals surface area (Å²) in [5.41, 5.74) is 0.577. The van der Waals surface area contributed by atoms with Crippen LogP contribution in [0.3, 0.4) is 0 Å². The number of sulfone groups is 1. The van der Waals surface area contributed by atoms with E-state index in [9.17, 15) is 8.42 Å². The third-order valence-corrected chi connectivity index (χ3v) is 4.31. The first kappa shape index (κ1) is 14.5. The normalized spacial score (nSPS) is 10.9. The minimum atomic E-state index is -2.92. The standard InChI is InChI=1S/C13H17NO3S/c1-2-9-18(15,16)10-3-8-17-13-6-4-12(11-14)5-7-13/h4-7H,2-3,8-10H2,1H3. The lowest BCUT2D eigenvalue weighted by atomic mass is 10.2. The molecular formula is C13H17NO3S. The van der Waals surface area contributed by atoms with Crippen LogP contribution in [0.15, 0.2) is 24.3 Å². The van der Waals surface area contributed by atoms with Gasteiger partial charge in [-0.2, -0.15) is 5.26 Å². The Morgan fingerprint density at radius 2 is 1.89 bits per heavy atom. The number of nitrogens with zero attached hydrogens (tertiary/aromatic N) is 1. The molecule has 1 rings (SSSR count). The maximum Gasteiger partial charge on any atom is 0.150 e. The summed E-state index contributed by atoms with van der Waals surface area (Å²) < 4.78 is 28.3. The first-order valence-electron chi connectivity index (χ1n) is 5.91. The van der Waals surface area contributed by atoms with Gasteiger partial charge in [0.15, 0.2) is 0 Å². The molecule has 0 heterocycles. The van der Waals surface area contributed by atoms with Gasteiger partial charge in [-0.1, -0.05) is 6.92 Å². The van der Waals surface area contributed by atoms with Crippen molar-refractivity contribution in [2.45, 2.75) is 19.8 Å². The number of hydrogen-bond donors (Lipinski definition) is 0. The van der Waals surface area contributed by atoms with Gasteiger partial charge in [-0.25, -0.2) is 8.42 Å². The number of rotatable bonds is 7. The van der Waals surface area contributed by atoms with Crippen LogP contribution in [0.5, 0.6) is 5.75 Å². The summed E-state index contributed by atoms with van der Waals surface area (Å²) in [4.78, 5) is 0. The second kappa shape index (κ2) is 7.02. The predicted molar refractivity (Wildman–Crippen MR) is 70.2 cm³/mol. The number of hydrogen-bond acceptors (Lipinski definition) is 4. The Labute approximate surface area is 108 Å². The molecule has 0 N–H and O–H groups in total. The Kier molecular flexibility index (Phi) is 5.66. The van der Waals surface area contributed by atoms with Gasteiger partial charge in [-0.3, -0.25) is 0 Å². The van der Waals surface area contributed by atoms with Gasteiger partial charge in [0.1, 0.15) is 15.6 Å². The summed E-state index contributed by atoms with van der Waals surface area (Å²) in [6, 6.07) is 8.77. The molecule has 18 heavy (non-hydrogen) atoms. The summed E-state index contributed by atoms with van der Waals surface area (Å²) in [6.45, 7) is 2.22. The average molecular weight is 267 g/mol. The number of nitriles is 1. The molecule has 0 atom stereocenters. The first-order chi connectivity index (χ1) is 8.57. The quantitative estimate of drug-likeness (QED) is 0.710. The molecule has 0 aliphatic carbocycles. The molecule has 0 fully saturated rings. The Hall–Kier alpha value is -1.54. The van der Waals surface area contributed by atoms with Crippen molar-refractivity contribution in [2.24, 2.45) is 0 Å². The van der Waals surface area contributed by atoms with Crippen LogP contribution >= 0.6 is 0 Å². The SMILES string of the molecule is CCCS(=O)(=O)CCCOc1ccc(C#N)cc1. The third-order valence-electron chi connectivity index (χ3n) is 2.37. The van der Waals surface area contributed by atoms with Crippen molar-refractivity contribution >= 4 is 9.84 Å². The summed E-state index contributed by atoms with van der Waals surface area (Å²) in [6.07, 6.45) is 1.14. The van der Waals surface area contributed by atoms with E-state index in [-0.39, 0.29) is 11.5 Å². The maximum absolute atomic E-state index is 11.4. The summed E-state index contributed by atoms with van der Waals surface area (Å²) >= 11 is 0. The smallest absolute Gasteiger partial charge is 0.150 e. The largest absolute Gasteiger partial charge is 0.494 e. The predicted octanol–water partition coefficient (Wildman–Crippen LogP) is 2.15. The van der Waals surface area contributed by atoms with E-state index in [0.29, 0.717) is 30.8 Å². The van der Waals surface area contributed by atoms with Gasteiger partial charge in [0.2, 0.25) is 0 Å². The zero-order chi connectivity index (χ0) is 13.4. The zero-order valence-corrected chi connectivity index (χ0v) is 11.2. The van der Waals surface area contributed by atoms with Gasteiger partial charge < -0.3 is 4.74 Å². The van der Waals surface area contributed by atoms with Crippen molar-refractivity contribution in [3.05, 3.63) is 29.8 Å². The molecule has 0 aromatic heterocycles. The Morgan fingerprint density at radius 1 is 1.22 bits per heavy atom. The summed E-state index contributed by atoms with van der Waals surface area (Å²) in [5.74, 6) is 1.06. The van der Waals surface area contributed by atoms with E-state index in [1.165, 1.54) is 0 Å². The molecular weight excluding hydrogens is 250 g/mol. The van der Waals surface area contributed by atoms with E-state index in [1.54, 1.807) is 24.3 Å². The first-order valence-corrected chi connectivity index (χ1v) is 7.73. The fourth-order valence-electron chi connectivity index (χ4n) is 1.51. The fourth-order valence-corrected chi connectivity index (χ4v) is 2.89. The third kappa shape index (κ3) is 5.19. The van der Waals surface area contributed by atoms with E-state index in [1.807, 2.05) is 13.0 Å². The molecule has 0 saturated carbocycles. The van der Waals surface area contributed by atoms with E-state index in [0.717, 1.165) is 0 Å². The monoisotopic (exact) mass is 267 g/mol. The van der Waals surface area contributed by atoms with Crippen molar-refractivity contribution < 1.29 is 13.2 Å². The highest BCUT2D eigenvalue weighted by Gasteiger charge is 2.08. The van der Waals surface area contributed by atoms with Crippen LogP contribution in [0, 0.1) is 11.3 Å². The van der Waals surface area contributed by atoms with Crippen LogP contribution in [0.25, 0.3) is 0 Å². The molecule has 1 aromatic carbocycles. The van der Waals surface area contributed by atoms with Gasteiger partial charge in [0.25, 0.3) is 0 Å². The minimum Gasteiger partial charge on any atom is -0.494 e. The lowest BCUT2D eigenvalue weighted by Gasteiger charge is -2.06. The Balaban J connectivity index is 2.32. The zero-order valence-electron chi connectivity index (χ0n) is 10.4. The number of ether oxygens (including phenoxy) is 1. The molecule has 0 amide bonds. The van der Waals surface area contributed by atoms with Crippen molar-refractivity contribution in [1.29, 1.82) is 5.26 Å². The highest BCUT2D eigenvalue weighted by molar-refractivity contribution is 7.91. The highest BCUT2D eigenvalue weighted by atomic mass is 32.2. The van der Waals surface area contributed by atoms with E-state index >= 15 is 0 Å². The lowest BCUT2D eigenvalue weighted by molar-refractivity contribution is 0.317. The van der Waals surface area contributed by atoms with Crippen LogP contribution in [0.1, 0.15) is 25.3 Å². The van der Waals surface area contributed by atoms with Crippen molar-refractivity contribution in [1.82, 2.24) is 0 Å². The molecule has 0 bridgehead atoms. The van der Waals surface area contributed by atoms with Gasteiger partial charge >= 0.3 is 0 Å². The number of benzene rings is 1. The van der Waals surface area contributed by atoms with E-state index in [2.05, 4.69) is 0 Å². The Morgan fingerprint density at radius 3 is 2.44 bits per heavy atom. The molecule has 0 aliphatic heterocycles. The molecule has 98 valence electrons. The van der Waals surface area contributed by atoms with Crippen molar-refractivity contribution in [2.75, 3.05) is 18.1 Å². The van der Waals surface area contributed by atoms with Crippen LogP contribution in [0.2, 0.25) is 0 Å². The second-order valence-corrected chi connectivity index (χ2v) is 6.29. The van der Waals surface area contributed by atoms with Crippen LogP contribution in [-0.2, 0) is 9.84 Å². The lowest BCUT2D eigenvalue weighted by Crippen LogP contribution is -2.13. The van der Waals surface area contributed by atoms with Crippen LogP contribution in [0.4, 0.5) is 0 Å². The van der Waals surface area contributed by atoms with Gasteiger partial charge in [0.05, 0.1) is 24.0 Å². The molecule has 4 nitrogen and oxygen atoms in total. The highest BCUT2D eigenvalue weighted by Crippen LogP contribution is 2.11.